The van der Waals surface area contributed by atoms with Crippen LogP contribution in [0.15, 0.2) is 30.5 Å². The van der Waals surface area contributed by atoms with E-state index in [4.69, 9.17) is 28.3 Å². The topological polar surface area (TPSA) is 58.4 Å². The summed E-state index contributed by atoms with van der Waals surface area (Å²) in [6, 6.07) is 6.67. The molecule has 0 aliphatic rings. The van der Waals surface area contributed by atoms with Crippen molar-refractivity contribution in [3.05, 3.63) is 46.2 Å². The number of hydrogen-bond donors (Lipinski definition) is 1. The third-order valence-electron chi connectivity index (χ3n) is 3.00. The van der Waals surface area contributed by atoms with Gasteiger partial charge in [0.1, 0.15) is 0 Å². The Morgan fingerprint density at radius 3 is 2.76 bits per heavy atom. The van der Waals surface area contributed by atoms with Gasteiger partial charge >= 0.3 is 0 Å². The second-order valence-corrected chi connectivity index (χ2v) is 5.19. The number of nitrogens with zero attached hydrogens (tertiary/aromatic N) is 3. The lowest BCUT2D eigenvalue weighted by Crippen LogP contribution is -2.33. The molecule has 5 nitrogen and oxygen atoms in total. The second-order valence-electron chi connectivity index (χ2n) is 4.35. The standard InChI is InChI=1S/C14H15Cl2N3O2/c1-2-18(7-8-20)14(21)12-5-6-19(17-12)13-4-3-10(15)9-11(13)16/h3-6,9,20H,2,7-8H2,1H3. The molecule has 0 fully saturated rings. The molecule has 0 saturated carbocycles. The van der Waals surface area contributed by atoms with Gasteiger partial charge in [0.05, 0.1) is 17.3 Å². The zero-order chi connectivity index (χ0) is 15.4. The summed E-state index contributed by atoms with van der Waals surface area (Å²) >= 11 is 12.0. The van der Waals surface area contributed by atoms with Crippen LogP contribution in [0.1, 0.15) is 17.4 Å². The Bertz CT molecular complexity index is 643. The number of carbonyl (C=O) groups is 1. The molecule has 0 saturated heterocycles. The highest BCUT2D eigenvalue weighted by atomic mass is 35.5. The number of benzene rings is 1. The molecule has 0 radical (unpaired) electrons. The molecule has 1 heterocycles. The van der Waals surface area contributed by atoms with E-state index in [0.29, 0.717) is 28.0 Å². The number of hydrogen-bond acceptors (Lipinski definition) is 3. The van der Waals surface area contributed by atoms with Crippen molar-refractivity contribution in [1.29, 1.82) is 0 Å². The lowest BCUT2D eigenvalue weighted by Gasteiger charge is -2.18. The summed E-state index contributed by atoms with van der Waals surface area (Å²) in [5.74, 6) is -0.226. The largest absolute Gasteiger partial charge is 0.395 e. The van der Waals surface area contributed by atoms with Crippen molar-refractivity contribution >= 4 is 29.1 Å². The molecular formula is C14H15Cl2N3O2. The molecule has 0 bridgehead atoms. The van der Waals surface area contributed by atoms with Crippen molar-refractivity contribution in [2.24, 2.45) is 0 Å². The molecule has 0 spiro atoms. The summed E-state index contributed by atoms with van der Waals surface area (Å²) in [7, 11) is 0. The fourth-order valence-electron chi connectivity index (χ4n) is 1.93. The maximum atomic E-state index is 12.2. The van der Waals surface area contributed by atoms with Gasteiger partial charge in [-0.2, -0.15) is 5.10 Å². The maximum absolute atomic E-state index is 12.2. The first-order valence-electron chi connectivity index (χ1n) is 6.48. The molecular weight excluding hydrogens is 313 g/mol. The molecule has 1 amide bonds. The first kappa shape index (κ1) is 15.8. The van der Waals surface area contributed by atoms with Gasteiger partial charge in [-0.25, -0.2) is 4.68 Å². The van der Waals surface area contributed by atoms with E-state index >= 15 is 0 Å². The van der Waals surface area contributed by atoms with Crippen LogP contribution in [0.25, 0.3) is 5.69 Å². The molecule has 7 heteroatoms. The third-order valence-corrected chi connectivity index (χ3v) is 3.54. The number of rotatable bonds is 5. The quantitative estimate of drug-likeness (QED) is 0.918. The van der Waals surface area contributed by atoms with Crippen molar-refractivity contribution in [3.8, 4) is 5.69 Å². The van der Waals surface area contributed by atoms with Crippen molar-refractivity contribution in [1.82, 2.24) is 14.7 Å². The number of aliphatic hydroxyl groups is 1. The van der Waals surface area contributed by atoms with Crippen LogP contribution in [0, 0.1) is 0 Å². The number of amides is 1. The number of likely N-dealkylation sites (N-methyl/N-ethyl adjacent to an activating group) is 1. The molecule has 0 atom stereocenters. The van der Waals surface area contributed by atoms with Gasteiger partial charge in [-0.05, 0) is 31.2 Å². The zero-order valence-electron chi connectivity index (χ0n) is 11.5. The van der Waals surface area contributed by atoms with Gasteiger partial charge in [0.15, 0.2) is 5.69 Å². The minimum absolute atomic E-state index is 0.0801. The average Bonchev–Trinajstić information content (AvgIpc) is 2.93. The van der Waals surface area contributed by atoms with Crippen LogP contribution < -0.4 is 0 Å². The highest BCUT2D eigenvalue weighted by molar-refractivity contribution is 6.35. The van der Waals surface area contributed by atoms with Crippen LogP contribution in [0.4, 0.5) is 0 Å². The van der Waals surface area contributed by atoms with E-state index in [9.17, 15) is 4.79 Å². The smallest absolute Gasteiger partial charge is 0.274 e. The molecule has 0 aliphatic heterocycles. The molecule has 1 N–H and O–H groups in total. The van der Waals surface area contributed by atoms with Crippen molar-refractivity contribution < 1.29 is 9.90 Å². The lowest BCUT2D eigenvalue weighted by molar-refractivity contribution is 0.0725. The number of aliphatic hydroxyl groups excluding tert-OH is 1. The van der Waals surface area contributed by atoms with Crippen LogP contribution in [-0.4, -0.2) is 45.4 Å². The van der Waals surface area contributed by atoms with Gasteiger partial charge in [-0.15, -0.1) is 0 Å². The lowest BCUT2D eigenvalue weighted by atomic mass is 10.3. The highest BCUT2D eigenvalue weighted by Crippen LogP contribution is 2.24. The second kappa shape index (κ2) is 6.93. The van der Waals surface area contributed by atoms with Gasteiger partial charge in [-0.3, -0.25) is 4.79 Å². The molecule has 0 aliphatic carbocycles. The van der Waals surface area contributed by atoms with Crippen LogP contribution in [0.5, 0.6) is 0 Å². The molecule has 1 aromatic heterocycles. The maximum Gasteiger partial charge on any atom is 0.274 e. The zero-order valence-corrected chi connectivity index (χ0v) is 13.0. The Kier molecular flexibility index (Phi) is 5.22. The van der Waals surface area contributed by atoms with Crippen LogP contribution >= 0.6 is 23.2 Å². The van der Waals surface area contributed by atoms with E-state index in [1.165, 1.54) is 9.58 Å². The molecule has 112 valence electrons. The van der Waals surface area contributed by atoms with Crippen molar-refractivity contribution in [2.45, 2.75) is 6.92 Å². The minimum Gasteiger partial charge on any atom is -0.395 e. The number of halogens is 2. The molecule has 21 heavy (non-hydrogen) atoms. The van der Waals surface area contributed by atoms with E-state index in [1.54, 1.807) is 30.5 Å². The Morgan fingerprint density at radius 1 is 1.38 bits per heavy atom. The molecule has 1 aromatic carbocycles. The van der Waals surface area contributed by atoms with Gasteiger partial charge in [-0.1, -0.05) is 23.2 Å². The first-order valence-corrected chi connectivity index (χ1v) is 7.23. The Labute approximate surface area is 132 Å². The molecule has 2 aromatic rings. The SMILES string of the molecule is CCN(CCO)C(=O)c1ccn(-c2ccc(Cl)cc2Cl)n1. The fourth-order valence-corrected chi connectivity index (χ4v) is 2.42. The van der Waals surface area contributed by atoms with E-state index < -0.39 is 0 Å². The number of aromatic nitrogens is 2. The Hall–Kier alpha value is -1.56. The summed E-state index contributed by atoms with van der Waals surface area (Å²) in [5, 5.41) is 14.2. The van der Waals surface area contributed by atoms with Crippen LogP contribution in [0.2, 0.25) is 10.0 Å². The van der Waals surface area contributed by atoms with E-state index in [2.05, 4.69) is 5.10 Å². The van der Waals surface area contributed by atoms with E-state index in [-0.39, 0.29) is 19.1 Å². The van der Waals surface area contributed by atoms with Crippen molar-refractivity contribution in [2.75, 3.05) is 19.7 Å². The Morgan fingerprint density at radius 2 is 2.14 bits per heavy atom. The fraction of sp³-hybridized carbons (Fsp3) is 0.286. The summed E-state index contributed by atoms with van der Waals surface area (Å²) in [5.41, 5.74) is 0.946. The Balaban J connectivity index is 2.27. The van der Waals surface area contributed by atoms with Crippen molar-refractivity contribution in [3.63, 3.8) is 0 Å². The predicted molar refractivity (Wildman–Crippen MR) is 82.2 cm³/mol. The predicted octanol–water partition coefficient (Wildman–Crippen LogP) is 2.63. The summed E-state index contributed by atoms with van der Waals surface area (Å²) < 4.78 is 1.53. The van der Waals surface area contributed by atoms with E-state index in [0.717, 1.165) is 0 Å². The van der Waals surface area contributed by atoms with Crippen LogP contribution in [0.3, 0.4) is 0 Å². The normalized spacial score (nSPS) is 10.7. The highest BCUT2D eigenvalue weighted by Gasteiger charge is 2.17. The van der Waals surface area contributed by atoms with Gasteiger partial charge in [0, 0.05) is 24.3 Å². The third kappa shape index (κ3) is 3.56. The average molecular weight is 328 g/mol. The summed E-state index contributed by atoms with van der Waals surface area (Å²) in [6.07, 6.45) is 1.66. The van der Waals surface area contributed by atoms with Gasteiger partial charge in [0.25, 0.3) is 5.91 Å². The summed E-state index contributed by atoms with van der Waals surface area (Å²) in [4.78, 5) is 13.8. The first-order chi connectivity index (χ1) is 10.1. The van der Waals surface area contributed by atoms with Gasteiger partial charge in [0.2, 0.25) is 0 Å². The van der Waals surface area contributed by atoms with Crippen LogP contribution in [-0.2, 0) is 0 Å². The summed E-state index contributed by atoms with van der Waals surface area (Å²) in [6.45, 7) is 2.56. The molecule has 0 unspecified atom stereocenters. The number of carbonyl (C=O) groups excluding carboxylic acids is 1. The minimum atomic E-state index is -0.226. The molecule has 2 rings (SSSR count). The van der Waals surface area contributed by atoms with E-state index in [1.807, 2.05) is 6.92 Å². The monoisotopic (exact) mass is 327 g/mol. The van der Waals surface area contributed by atoms with Gasteiger partial charge < -0.3 is 10.0 Å².